The molecule has 4 heteroatoms. The smallest absolute Gasteiger partial charge is 0.173 e. The summed E-state index contributed by atoms with van der Waals surface area (Å²) in [6.07, 6.45) is 3.95. The molecule has 0 bridgehead atoms. The van der Waals surface area contributed by atoms with Crippen LogP contribution in [0, 0.1) is 0 Å². The van der Waals surface area contributed by atoms with Crippen LogP contribution in [-0.2, 0) is 0 Å². The van der Waals surface area contributed by atoms with E-state index in [2.05, 4.69) is 0 Å². The Labute approximate surface area is 147 Å². The second kappa shape index (κ2) is 5.66. The third kappa shape index (κ3) is 2.68. The van der Waals surface area contributed by atoms with Gasteiger partial charge in [-0.1, -0.05) is 30.3 Å². The van der Waals surface area contributed by atoms with E-state index in [9.17, 15) is 4.79 Å². The Balaban J connectivity index is 1.84. The van der Waals surface area contributed by atoms with Crippen LogP contribution in [0.1, 0.15) is 47.9 Å². The highest BCUT2D eigenvalue weighted by Gasteiger charge is 2.35. The fraction of sp³-hybridized carbons (Fsp3) is 0.286. The minimum absolute atomic E-state index is 0.0504. The van der Waals surface area contributed by atoms with E-state index >= 15 is 0 Å². The van der Waals surface area contributed by atoms with Gasteiger partial charge in [-0.15, -0.1) is 0 Å². The van der Waals surface area contributed by atoms with Crippen LogP contribution in [-0.4, -0.2) is 18.5 Å². The van der Waals surface area contributed by atoms with Crippen LogP contribution < -0.4 is 14.2 Å². The minimum atomic E-state index is -0.438. The molecule has 0 aromatic heterocycles. The second-order valence-electron chi connectivity index (χ2n) is 6.88. The molecule has 2 aliphatic rings. The number of hydrogen-bond donors (Lipinski definition) is 0. The molecule has 2 aliphatic heterocycles. The zero-order valence-electron chi connectivity index (χ0n) is 14.5. The molecule has 128 valence electrons. The average Bonchev–Trinajstić information content (AvgIpc) is 2.61. The number of methoxy groups -OCH3 is 1. The molecule has 25 heavy (non-hydrogen) atoms. The van der Waals surface area contributed by atoms with E-state index in [0.29, 0.717) is 29.2 Å². The maximum absolute atomic E-state index is 12.8. The third-order valence-electron chi connectivity index (χ3n) is 4.57. The van der Waals surface area contributed by atoms with Crippen LogP contribution in [0.3, 0.4) is 0 Å². The van der Waals surface area contributed by atoms with Crippen molar-refractivity contribution >= 4 is 11.9 Å². The molecule has 0 amide bonds. The minimum Gasteiger partial charge on any atom is -0.493 e. The van der Waals surface area contributed by atoms with Crippen molar-refractivity contribution < 1.29 is 19.0 Å². The molecule has 0 radical (unpaired) electrons. The number of hydrogen-bond acceptors (Lipinski definition) is 4. The lowest BCUT2D eigenvalue weighted by Crippen LogP contribution is -2.29. The van der Waals surface area contributed by atoms with Crippen molar-refractivity contribution in [2.45, 2.75) is 32.0 Å². The predicted octanol–water partition coefficient (Wildman–Crippen LogP) is 4.59. The van der Waals surface area contributed by atoms with Gasteiger partial charge in [0.1, 0.15) is 17.5 Å². The predicted molar refractivity (Wildman–Crippen MR) is 95.5 cm³/mol. The molecule has 2 aromatic rings. The van der Waals surface area contributed by atoms with Gasteiger partial charge in [-0.3, -0.25) is 4.79 Å². The standard InChI is InChI=1S/C21H20O4/c1-21(2)10-9-14-19-15(11-18(23-3)20(14)25-21)16(22)12-17(24-19)13-7-5-4-6-8-13/h4-11,17H,12H2,1-3H3. The molecule has 0 saturated heterocycles. The van der Waals surface area contributed by atoms with Crippen molar-refractivity contribution in [3.05, 3.63) is 59.2 Å². The van der Waals surface area contributed by atoms with E-state index in [1.54, 1.807) is 13.2 Å². The largest absolute Gasteiger partial charge is 0.493 e. The molecule has 0 saturated carbocycles. The van der Waals surface area contributed by atoms with Gasteiger partial charge in [0.25, 0.3) is 0 Å². The summed E-state index contributed by atoms with van der Waals surface area (Å²) in [5, 5.41) is 0. The monoisotopic (exact) mass is 336 g/mol. The molecule has 2 aromatic carbocycles. The lowest BCUT2D eigenvalue weighted by atomic mass is 9.92. The average molecular weight is 336 g/mol. The van der Waals surface area contributed by atoms with E-state index in [1.165, 1.54) is 0 Å². The van der Waals surface area contributed by atoms with Crippen molar-refractivity contribution in [3.63, 3.8) is 0 Å². The highest BCUT2D eigenvalue weighted by Crippen LogP contribution is 2.49. The Bertz CT molecular complexity index is 865. The van der Waals surface area contributed by atoms with Crippen LogP contribution in [0.25, 0.3) is 6.08 Å². The maximum Gasteiger partial charge on any atom is 0.173 e. The Morgan fingerprint density at radius 2 is 1.92 bits per heavy atom. The fourth-order valence-electron chi connectivity index (χ4n) is 3.28. The Morgan fingerprint density at radius 3 is 2.64 bits per heavy atom. The zero-order chi connectivity index (χ0) is 17.6. The van der Waals surface area contributed by atoms with Gasteiger partial charge in [0, 0.05) is 0 Å². The Hall–Kier alpha value is -2.75. The number of fused-ring (bicyclic) bond motifs is 3. The van der Waals surface area contributed by atoms with E-state index in [-0.39, 0.29) is 11.9 Å². The van der Waals surface area contributed by atoms with Crippen molar-refractivity contribution in [1.82, 2.24) is 0 Å². The van der Waals surface area contributed by atoms with Crippen LogP contribution in [0.15, 0.2) is 42.5 Å². The summed E-state index contributed by atoms with van der Waals surface area (Å²) in [6.45, 7) is 3.95. The highest BCUT2D eigenvalue weighted by atomic mass is 16.5. The first-order chi connectivity index (χ1) is 12.0. The van der Waals surface area contributed by atoms with Crippen LogP contribution >= 0.6 is 0 Å². The number of carbonyl (C=O) groups excluding carboxylic acids is 1. The summed E-state index contributed by atoms with van der Waals surface area (Å²) in [7, 11) is 1.58. The molecule has 0 fully saturated rings. The molecule has 1 atom stereocenters. The van der Waals surface area contributed by atoms with Crippen LogP contribution in [0.5, 0.6) is 17.2 Å². The van der Waals surface area contributed by atoms with Crippen LogP contribution in [0.4, 0.5) is 0 Å². The van der Waals surface area contributed by atoms with Gasteiger partial charge in [0.2, 0.25) is 0 Å². The van der Waals surface area contributed by atoms with Gasteiger partial charge in [0.05, 0.1) is 24.7 Å². The van der Waals surface area contributed by atoms with Gasteiger partial charge in [-0.2, -0.15) is 0 Å². The van der Waals surface area contributed by atoms with E-state index in [0.717, 1.165) is 11.1 Å². The summed E-state index contributed by atoms with van der Waals surface area (Å²) >= 11 is 0. The Kier molecular flexibility index (Phi) is 3.57. The van der Waals surface area contributed by atoms with Crippen molar-refractivity contribution in [2.24, 2.45) is 0 Å². The summed E-state index contributed by atoms with van der Waals surface area (Å²) in [5.74, 6) is 1.80. The molecule has 0 N–H and O–H groups in total. The molecule has 0 aliphatic carbocycles. The molecular formula is C21H20O4. The highest BCUT2D eigenvalue weighted by molar-refractivity contribution is 6.02. The van der Waals surface area contributed by atoms with Gasteiger partial charge >= 0.3 is 0 Å². The summed E-state index contributed by atoms with van der Waals surface area (Å²) in [6, 6.07) is 11.5. The van der Waals surface area contributed by atoms with Crippen molar-refractivity contribution in [2.75, 3.05) is 7.11 Å². The van der Waals surface area contributed by atoms with Gasteiger partial charge in [-0.25, -0.2) is 0 Å². The number of rotatable bonds is 2. The van der Waals surface area contributed by atoms with Crippen molar-refractivity contribution in [3.8, 4) is 17.2 Å². The lowest BCUT2D eigenvalue weighted by molar-refractivity contribution is 0.0844. The lowest BCUT2D eigenvalue weighted by Gasteiger charge is -2.33. The van der Waals surface area contributed by atoms with Gasteiger partial charge < -0.3 is 14.2 Å². The molecule has 4 rings (SSSR count). The van der Waals surface area contributed by atoms with Gasteiger partial charge in [0.15, 0.2) is 17.3 Å². The van der Waals surface area contributed by atoms with E-state index < -0.39 is 5.60 Å². The first kappa shape index (κ1) is 15.8. The topological polar surface area (TPSA) is 44.8 Å². The van der Waals surface area contributed by atoms with E-state index in [1.807, 2.05) is 56.3 Å². The Morgan fingerprint density at radius 1 is 1.16 bits per heavy atom. The van der Waals surface area contributed by atoms with Crippen molar-refractivity contribution in [1.29, 1.82) is 0 Å². The molecule has 0 spiro atoms. The van der Waals surface area contributed by atoms with Crippen LogP contribution in [0.2, 0.25) is 0 Å². The molecule has 1 unspecified atom stereocenters. The zero-order valence-corrected chi connectivity index (χ0v) is 14.5. The fourth-order valence-corrected chi connectivity index (χ4v) is 3.28. The molecular weight excluding hydrogens is 316 g/mol. The third-order valence-corrected chi connectivity index (χ3v) is 4.57. The van der Waals surface area contributed by atoms with Gasteiger partial charge in [-0.05, 0) is 37.6 Å². The molecule has 4 nitrogen and oxygen atoms in total. The quantitative estimate of drug-likeness (QED) is 0.805. The number of ketones is 1. The van der Waals surface area contributed by atoms with E-state index in [4.69, 9.17) is 14.2 Å². The second-order valence-corrected chi connectivity index (χ2v) is 6.88. The first-order valence-corrected chi connectivity index (χ1v) is 8.36. The summed E-state index contributed by atoms with van der Waals surface area (Å²) < 4.78 is 17.8. The SMILES string of the molecule is COc1cc2c(c3c1OC(C)(C)C=C3)OC(c1ccccc1)CC2=O. The summed E-state index contributed by atoms with van der Waals surface area (Å²) in [5.41, 5.74) is 1.87. The number of carbonyl (C=O) groups is 1. The normalized spacial score (nSPS) is 20.1. The number of ether oxygens (including phenoxy) is 3. The summed E-state index contributed by atoms with van der Waals surface area (Å²) in [4.78, 5) is 12.8. The number of Topliss-reactive ketones (excluding diaryl/α,β-unsaturated/α-hetero) is 1. The number of benzene rings is 2. The molecule has 2 heterocycles. The maximum atomic E-state index is 12.8. The first-order valence-electron chi connectivity index (χ1n) is 8.36.